The fourth-order valence-corrected chi connectivity index (χ4v) is 5.02. The molecule has 4 rings (SSSR count). The zero-order valence-electron chi connectivity index (χ0n) is 20.9. The van der Waals surface area contributed by atoms with Gasteiger partial charge in [0.1, 0.15) is 18.1 Å². The summed E-state index contributed by atoms with van der Waals surface area (Å²) in [4.78, 5) is 11.8. The van der Waals surface area contributed by atoms with Gasteiger partial charge in [-0.1, -0.05) is 43.2 Å². The van der Waals surface area contributed by atoms with Crippen molar-refractivity contribution >= 4 is 5.97 Å². The first-order chi connectivity index (χ1) is 17.3. The molecule has 0 saturated heterocycles. The number of benzene rings is 3. The number of carboxylic acid groups (broad SMARTS) is 1. The quantitative estimate of drug-likeness (QED) is 0.268. The van der Waals surface area contributed by atoms with Gasteiger partial charge in [-0.15, -0.1) is 0 Å². The van der Waals surface area contributed by atoms with Gasteiger partial charge in [-0.3, -0.25) is 0 Å². The Balaban J connectivity index is 1.36. The maximum atomic E-state index is 11.8. The highest BCUT2D eigenvalue weighted by Gasteiger charge is 2.23. The molecule has 0 amide bonds. The van der Waals surface area contributed by atoms with Crippen molar-refractivity contribution in [3.8, 4) is 22.6 Å². The van der Waals surface area contributed by atoms with Crippen LogP contribution in [0.25, 0.3) is 11.1 Å². The number of rotatable bonds is 10. The Morgan fingerprint density at radius 2 is 1.69 bits per heavy atom. The minimum absolute atomic E-state index is 0.174. The number of aliphatic hydroxyl groups is 1. The van der Waals surface area contributed by atoms with E-state index in [1.54, 1.807) is 30.3 Å². The molecule has 1 aliphatic rings. The van der Waals surface area contributed by atoms with E-state index >= 15 is 0 Å². The first-order valence-corrected chi connectivity index (χ1v) is 12.6. The lowest BCUT2D eigenvalue weighted by Crippen LogP contribution is -2.35. The van der Waals surface area contributed by atoms with Crippen LogP contribution in [0.4, 0.5) is 0 Å². The molecule has 0 aromatic heterocycles. The molecule has 0 heterocycles. The summed E-state index contributed by atoms with van der Waals surface area (Å²) in [5, 5.41) is 32.9. The van der Waals surface area contributed by atoms with Gasteiger partial charge in [0.05, 0.1) is 11.7 Å². The molecule has 0 spiro atoms. The molecule has 0 aliphatic heterocycles. The number of hydrogen-bond acceptors (Lipinski definition) is 5. The summed E-state index contributed by atoms with van der Waals surface area (Å²) in [6, 6.07) is 18.1. The van der Waals surface area contributed by atoms with E-state index in [1.165, 1.54) is 0 Å². The number of aliphatic hydroxyl groups excluding tert-OH is 1. The molecule has 0 radical (unpaired) electrons. The van der Waals surface area contributed by atoms with Gasteiger partial charge in [0, 0.05) is 12.6 Å². The normalized spacial score (nSPS) is 15.5. The Morgan fingerprint density at radius 1 is 1.03 bits per heavy atom. The van der Waals surface area contributed by atoms with Crippen molar-refractivity contribution in [2.45, 2.75) is 57.6 Å². The van der Waals surface area contributed by atoms with Gasteiger partial charge in [0.2, 0.25) is 0 Å². The Bertz CT molecular complexity index is 1180. The molecule has 3 aromatic carbocycles. The van der Waals surface area contributed by atoms with Gasteiger partial charge in [-0.25, -0.2) is 4.79 Å². The van der Waals surface area contributed by atoms with Crippen molar-refractivity contribution in [2.24, 2.45) is 0 Å². The maximum absolute atomic E-state index is 11.8. The smallest absolute Gasteiger partial charge is 0.335 e. The SMILES string of the molecule is Cc1cc(-c2ccc(C(=O)O)c(C3CCCC3)c2)ccc1OCCN[C@@H](C)[C@H](O)c1ccc(O)cc1. The fourth-order valence-electron chi connectivity index (χ4n) is 5.02. The molecule has 1 aliphatic carbocycles. The average Bonchev–Trinajstić information content (AvgIpc) is 3.42. The summed E-state index contributed by atoms with van der Waals surface area (Å²) in [7, 11) is 0. The Morgan fingerprint density at radius 3 is 2.36 bits per heavy atom. The van der Waals surface area contributed by atoms with Crippen LogP contribution in [0, 0.1) is 6.92 Å². The van der Waals surface area contributed by atoms with Crippen LogP contribution in [0.3, 0.4) is 0 Å². The third kappa shape index (κ3) is 6.07. The molecule has 6 heteroatoms. The molecule has 2 atom stereocenters. The molecule has 4 N–H and O–H groups in total. The van der Waals surface area contributed by atoms with Crippen LogP contribution in [0.1, 0.15) is 71.7 Å². The number of carbonyl (C=O) groups is 1. The average molecular weight is 490 g/mol. The van der Waals surface area contributed by atoms with E-state index in [-0.39, 0.29) is 11.8 Å². The van der Waals surface area contributed by atoms with Crippen LogP contribution in [-0.2, 0) is 0 Å². The second kappa shape index (κ2) is 11.6. The molecule has 6 nitrogen and oxygen atoms in total. The van der Waals surface area contributed by atoms with E-state index in [1.807, 2.05) is 32.0 Å². The number of phenolic OH excluding ortho intramolecular Hbond substituents is 1. The highest BCUT2D eigenvalue weighted by Crippen LogP contribution is 2.38. The van der Waals surface area contributed by atoms with Gasteiger partial charge in [0.15, 0.2) is 0 Å². The predicted octanol–water partition coefficient (Wildman–Crippen LogP) is 5.81. The number of ether oxygens (including phenoxy) is 1. The van der Waals surface area contributed by atoms with E-state index in [9.17, 15) is 20.1 Å². The lowest BCUT2D eigenvalue weighted by atomic mass is 9.89. The number of phenols is 1. The van der Waals surface area contributed by atoms with Crippen molar-refractivity contribution in [1.82, 2.24) is 5.32 Å². The predicted molar refractivity (Wildman–Crippen MR) is 141 cm³/mol. The van der Waals surface area contributed by atoms with E-state index in [4.69, 9.17) is 4.74 Å². The van der Waals surface area contributed by atoms with E-state index in [0.717, 1.165) is 59.3 Å². The van der Waals surface area contributed by atoms with Gasteiger partial charge in [-0.05, 0) is 90.8 Å². The number of nitrogens with one attached hydrogen (secondary N) is 1. The van der Waals surface area contributed by atoms with Crippen LogP contribution in [0.2, 0.25) is 0 Å². The summed E-state index contributed by atoms with van der Waals surface area (Å²) >= 11 is 0. The van der Waals surface area contributed by atoms with Crippen molar-refractivity contribution < 1.29 is 24.9 Å². The second-order valence-electron chi connectivity index (χ2n) is 9.70. The van der Waals surface area contributed by atoms with Crippen LogP contribution < -0.4 is 10.1 Å². The van der Waals surface area contributed by atoms with Crippen molar-refractivity contribution in [3.63, 3.8) is 0 Å². The van der Waals surface area contributed by atoms with Gasteiger partial charge >= 0.3 is 5.97 Å². The number of hydrogen-bond donors (Lipinski definition) is 4. The zero-order valence-corrected chi connectivity index (χ0v) is 20.9. The number of aromatic hydroxyl groups is 1. The third-order valence-electron chi connectivity index (χ3n) is 7.12. The summed E-state index contributed by atoms with van der Waals surface area (Å²) in [5.74, 6) is 0.433. The Kier molecular flexibility index (Phi) is 8.28. The van der Waals surface area contributed by atoms with E-state index in [2.05, 4.69) is 17.4 Å². The summed E-state index contributed by atoms with van der Waals surface area (Å²) in [5.41, 5.74) is 5.18. The highest BCUT2D eigenvalue weighted by molar-refractivity contribution is 5.90. The van der Waals surface area contributed by atoms with Gasteiger partial charge < -0.3 is 25.4 Å². The van der Waals surface area contributed by atoms with Crippen molar-refractivity contribution in [2.75, 3.05) is 13.2 Å². The van der Waals surface area contributed by atoms with E-state index in [0.29, 0.717) is 24.6 Å². The molecule has 0 unspecified atom stereocenters. The Labute approximate surface area is 212 Å². The maximum Gasteiger partial charge on any atom is 0.335 e. The third-order valence-corrected chi connectivity index (χ3v) is 7.12. The van der Waals surface area contributed by atoms with Gasteiger partial charge in [0.25, 0.3) is 0 Å². The molecule has 0 bridgehead atoms. The fraction of sp³-hybridized carbons (Fsp3) is 0.367. The van der Waals surface area contributed by atoms with Crippen LogP contribution in [-0.4, -0.2) is 40.5 Å². The van der Waals surface area contributed by atoms with E-state index < -0.39 is 12.1 Å². The first kappa shape index (κ1) is 25.7. The molecular weight excluding hydrogens is 454 g/mol. The second-order valence-corrected chi connectivity index (χ2v) is 9.70. The number of aryl methyl sites for hydroxylation is 1. The highest BCUT2D eigenvalue weighted by atomic mass is 16.5. The van der Waals surface area contributed by atoms with Crippen LogP contribution in [0.15, 0.2) is 60.7 Å². The first-order valence-electron chi connectivity index (χ1n) is 12.6. The molecular formula is C30H35NO5. The molecule has 1 fully saturated rings. The summed E-state index contributed by atoms with van der Waals surface area (Å²) in [6.07, 6.45) is 3.72. The number of carboxylic acids is 1. The molecule has 1 saturated carbocycles. The topological polar surface area (TPSA) is 99.0 Å². The summed E-state index contributed by atoms with van der Waals surface area (Å²) in [6.45, 7) is 4.94. The standard InChI is InChI=1S/C30H35NO5/c1-19-17-23(24-9-13-26(30(34)35)27(18-24)21-5-3-4-6-21)10-14-28(19)36-16-15-31-20(2)29(33)22-7-11-25(32)12-8-22/h7-14,17-18,20-21,29,31-33H,3-6,15-16H2,1-2H3,(H,34,35)/t20-,29-/m0/s1. The monoisotopic (exact) mass is 489 g/mol. The summed E-state index contributed by atoms with van der Waals surface area (Å²) < 4.78 is 5.98. The molecule has 3 aromatic rings. The van der Waals surface area contributed by atoms with Gasteiger partial charge in [-0.2, -0.15) is 0 Å². The lowest BCUT2D eigenvalue weighted by molar-refractivity contribution is 0.0695. The lowest BCUT2D eigenvalue weighted by Gasteiger charge is -2.21. The molecule has 190 valence electrons. The number of aromatic carboxylic acids is 1. The van der Waals surface area contributed by atoms with Crippen LogP contribution >= 0.6 is 0 Å². The van der Waals surface area contributed by atoms with Crippen molar-refractivity contribution in [1.29, 1.82) is 0 Å². The van der Waals surface area contributed by atoms with Crippen LogP contribution in [0.5, 0.6) is 11.5 Å². The minimum Gasteiger partial charge on any atom is -0.508 e. The molecule has 36 heavy (non-hydrogen) atoms. The largest absolute Gasteiger partial charge is 0.508 e. The van der Waals surface area contributed by atoms with Crippen molar-refractivity contribution in [3.05, 3.63) is 82.9 Å². The minimum atomic E-state index is -0.859. The zero-order chi connectivity index (χ0) is 25.7. The Hall–Kier alpha value is -3.35.